The average Bonchev–Trinajstić information content (AvgIpc) is 2.73. The predicted octanol–water partition coefficient (Wildman–Crippen LogP) is 5.42. The minimum atomic E-state index is 0.506. The third kappa shape index (κ3) is 4.23. The van der Waals surface area contributed by atoms with Crippen molar-refractivity contribution in [1.82, 2.24) is 9.88 Å². The van der Waals surface area contributed by atoms with Gasteiger partial charge in [0.05, 0.1) is 5.37 Å². The number of anilines is 2. The Labute approximate surface area is 186 Å². The van der Waals surface area contributed by atoms with Crippen LogP contribution in [0.5, 0.6) is 0 Å². The maximum atomic E-state index is 4.69. The normalized spacial score (nSPS) is 19.7. The summed E-state index contributed by atoms with van der Waals surface area (Å²) in [4.78, 5) is 13.6. The molecule has 4 nitrogen and oxygen atoms in total. The molecule has 0 spiro atoms. The van der Waals surface area contributed by atoms with Gasteiger partial charge in [-0.15, -0.1) is 18.3 Å². The number of thioether (sulfide) groups is 1. The second kappa shape index (κ2) is 9.03. The van der Waals surface area contributed by atoms with Crippen LogP contribution in [0.1, 0.15) is 41.8 Å². The van der Waals surface area contributed by atoms with Crippen molar-refractivity contribution in [2.75, 3.05) is 43.0 Å². The highest BCUT2D eigenvalue weighted by Crippen LogP contribution is 2.52. The number of benzene rings is 1. The lowest BCUT2D eigenvalue weighted by atomic mass is 10.1. The van der Waals surface area contributed by atoms with Crippen LogP contribution in [0.25, 0.3) is 0 Å². The van der Waals surface area contributed by atoms with Gasteiger partial charge < -0.3 is 9.80 Å². The molecule has 160 valence electrons. The van der Waals surface area contributed by atoms with E-state index in [0.717, 1.165) is 44.8 Å². The smallest absolute Gasteiger partial charge is 0.131 e. The van der Waals surface area contributed by atoms with Crippen molar-refractivity contribution in [3.8, 4) is 0 Å². The second-order valence-corrected chi connectivity index (χ2v) is 9.82. The van der Waals surface area contributed by atoms with Crippen LogP contribution in [0.2, 0.25) is 0 Å². The van der Waals surface area contributed by atoms with Gasteiger partial charge in [0.2, 0.25) is 0 Å². The van der Waals surface area contributed by atoms with Gasteiger partial charge in [-0.25, -0.2) is 4.98 Å². The third-order valence-electron chi connectivity index (χ3n) is 6.49. The fourth-order valence-electron chi connectivity index (χ4n) is 4.46. The lowest BCUT2D eigenvalue weighted by Gasteiger charge is -2.44. The van der Waals surface area contributed by atoms with E-state index in [-0.39, 0.29) is 0 Å². The summed E-state index contributed by atoms with van der Waals surface area (Å²) in [5.74, 6) is 1.15. The largest absolute Gasteiger partial charge is 0.372 e. The van der Waals surface area contributed by atoms with E-state index >= 15 is 0 Å². The Kier molecular flexibility index (Phi) is 6.40. The zero-order valence-electron chi connectivity index (χ0n) is 18.8. The zero-order valence-corrected chi connectivity index (χ0v) is 19.6. The van der Waals surface area contributed by atoms with E-state index in [2.05, 4.69) is 73.4 Å². The Bertz CT molecular complexity index is 904. The van der Waals surface area contributed by atoms with Crippen LogP contribution in [-0.2, 0) is 0 Å². The Balaban J connectivity index is 1.36. The lowest BCUT2D eigenvalue weighted by Crippen LogP contribution is -2.48. The van der Waals surface area contributed by atoms with Gasteiger partial charge >= 0.3 is 0 Å². The Hall–Kier alpha value is -1.98. The van der Waals surface area contributed by atoms with E-state index < -0.39 is 0 Å². The lowest BCUT2D eigenvalue weighted by molar-refractivity contribution is 0.235. The number of pyridine rings is 1. The number of aryl methyl sites for hydroxylation is 2. The Morgan fingerprint density at radius 3 is 2.67 bits per heavy atom. The van der Waals surface area contributed by atoms with Gasteiger partial charge in [-0.3, -0.25) is 4.90 Å². The first-order valence-electron chi connectivity index (χ1n) is 11.0. The summed E-state index contributed by atoms with van der Waals surface area (Å²) >= 11 is 2.02. The first-order valence-corrected chi connectivity index (χ1v) is 11.9. The molecule has 0 amide bonds. The first-order chi connectivity index (χ1) is 14.5. The molecule has 2 unspecified atom stereocenters. The van der Waals surface area contributed by atoms with Crippen LogP contribution in [0.15, 0.2) is 48.0 Å². The highest BCUT2D eigenvalue weighted by atomic mass is 32.2. The SMILES string of the molecule is C=CCCC(C)N(C)c1ccc2c(c1)SC2N1CCN(c2ncc(C)cc2C)CC1. The van der Waals surface area contributed by atoms with Crippen molar-refractivity contribution in [1.29, 1.82) is 0 Å². The first kappa shape index (κ1) is 21.3. The summed E-state index contributed by atoms with van der Waals surface area (Å²) in [5.41, 5.74) is 5.33. The molecule has 1 fully saturated rings. The molecular weight excluding hydrogens is 388 g/mol. The van der Waals surface area contributed by atoms with Crippen LogP contribution >= 0.6 is 11.8 Å². The van der Waals surface area contributed by atoms with Crippen molar-refractivity contribution in [3.05, 3.63) is 59.8 Å². The topological polar surface area (TPSA) is 22.6 Å². The fourth-order valence-corrected chi connectivity index (χ4v) is 5.71. The van der Waals surface area contributed by atoms with Gasteiger partial charge in [0.15, 0.2) is 0 Å². The molecule has 1 aromatic carbocycles. The monoisotopic (exact) mass is 422 g/mol. The Morgan fingerprint density at radius 1 is 1.23 bits per heavy atom. The molecule has 30 heavy (non-hydrogen) atoms. The van der Waals surface area contributed by atoms with Crippen LogP contribution in [-0.4, -0.2) is 49.2 Å². The van der Waals surface area contributed by atoms with Gasteiger partial charge in [-0.05, 0) is 62.4 Å². The molecule has 1 aromatic heterocycles. The highest BCUT2D eigenvalue weighted by molar-refractivity contribution is 8.01. The molecule has 1 saturated heterocycles. The summed E-state index contributed by atoms with van der Waals surface area (Å²) in [6, 6.07) is 9.77. The molecule has 0 radical (unpaired) electrons. The number of hydrogen-bond donors (Lipinski definition) is 0. The molecule has 0 aliphatic carbocycles. The van der Waals surface area contributed by atoms with Gasteiger partial charge in [0, 0.05) is 56.0 Å². The molecule has 0 bridgehead atoms. The van der Waals surface area contributed by atoms with E-state index in [1.165, 1.54) is 27.3 Å². The van der Waals surface area contributed by atoms with Crippen LogP contribution in [0, 0.1) is 13.8 Å². The molecule has 0 N–H and O–H groups in total. The summed E-state index contributed by atoms with van der Waals surface area (Å²) < 4.78 is 0. The summed E-state index contributed by atoms with van der Waals surface area (Å²) in [7, 11) is 2.20. The summed E-state index contributed by atoms with van der Waals surface area (Å²) in [5, 5.41) is 0.506. The van der Waals surface area contributed by atoms with Crippen molar-refractivity contribution in [3.63, 3.8) is 0 Å². The third-order valence-corrected chi connectivity index (χ3v) is 7.87. The van der Waals surface area contributed by atoms with Gasteiger partial charge in [-0.2, -0.15) is 0 Å². The van der Waals surface area contributed by atoms with Crippen molar-refractivity contribution in [2.24, 2.45) is 0 Å². The van der Waals surface area contributed by atoms with Gasteiger partial charge in [-0.1, -0.05) is 18.2 Å². The predicted molar refractivity (Wildman–Crippen MR) is 130 cm³/mol. The molecule has 4 rings (SSSR count). The van der Waals surface area contributed by atoms with Crippen LogP contribution in [0.3, 0.4) is 0 Å². The van der Waals surface area contributed by atoms with Crippen LogP contribution < -0.4 is 9.80 Å². The number of fused-ring (bicyclic) bond motifs is 1. The standard InChI is InChI=1S/C25H34N4S/c1-6-7-8-20(4)27(5)21-9-10-22-23(16-21)30-25(22)29-13-11-28(12-14-29)24-19(3)15-18(2)17-26-24/h6,9-10,15-17,20,25H,1,7-8,11-14H2,2-5H3. The number of allylic oxidation sites excluding steroid dienone is 1. The van der Waals surface area contributed by atoms with Crippen molar-refractivity contribution in [2.45, 2.75) is 49.9 Å². The number of aromatic nitrogens is 1. The molecule has 2 aliphatic heterocycles. The van der Waals surface area contributed by atoms with E-state index in [9.17, 15) is 0 Å². The van der Waals surface area contributed by atoms with E-state index in [1.807, 2.05) is 24.0 Å². The minimum Gasteiger partial charge on any atom is -0.372 e. The van der Waals surface area contributed by atoms with E-state index in [4.69, 9.17) is 4.98 Å². The number of hydrogen-bond acceptors (Lipinski definition) is 5. The maximum Gasteiger partial charge on any atom is 0.131 e. The maximum absolute atomic E-state index is 4.69. The van der Waals surface area contributed by atoms with Gasteiger partial charge in [0.1, 0.15) is 5.82 Å². The molecule has 2 atom stereocenters. The number of nitrogens with zero attached hydrogens (tertiary/aromatic N) is 4. The van der Waals surface area contributed by atoms with E-state index in [0.29, 0.717) is 11.4 Å². The average molecular weight is 423 g/mol. The minimum absolute atomic E-state index is 0.506. The fraction of sp³-hybridized carbons (Fsp3) is 0.480. The summed E-state index contributed by atoms with van der Waals surface area (Å²) in [6.07, 6.45) is 6.21. The van der Waals surface area contributed by atoms with Gasteiger partial charge in [0.25, 0.3) is 0 Å². The quantitative estimate of drug-likeness (QED) is 0.555. The molecular formula is C25H34N4S. The highest BCUT2D eigenvalue weighted by Gasteiger charge is 2.35. The van der Waals surface area contributed by atoms with Crippen LogP contribution in [0.4, 0.5) is 11.5 Å². The number of piperazine rings is 1. The molecule has 3 heterocycles. The molecule has 0 saturated carbocycles. The number of rotatable bonds is 7. The van der Waals surface area contributed by atoms with Crippen molar-refractivity contribution < 1.29 is 0 Å². The summed E-state index contributed by atoms with van der Waals surface area (Å²) in [6.45, 7) is 14.7. The van der Waals surface area contributed by atoms with E-state index in [1.54, 1.807) is 0 Å². The molecule has 2 aliphatic rings. The van der Waals surface area contributed by atoms with Crippen molar-refractivity contribution >= 4 is 23.3 Å². The Morgan fingerprint density at radius 2 is 2.00 bits per heavy atom. The molecule has 2 aromatic rings. The second-order valence-electron chi connectivity index (χ2n) is 8.69. The molecule has 5 heteroatoms. The zero-order chi connectivity index (χ0) is 21.3.